The molecule has 0 bridgehead atoms. The molecule has 2 atom stereocenters. The van der Waals surface area contributed by atoms with E-state index in [2.05, 4.69) is 45.8 Å². The van der Waals surface area contributed by atoms with Crippen molar-refractivity contribution >= 4 is 41.3 Å². The molecule has 3 rings (SSSR count). The van der Waals surface area contributed by atoms with E-state index in [1.807, 2.05) is 18.4 Å². The number of fused-ring (bicyclic) bond motifs is 1. The fourth-order valence-electron chi connectivity index (χ4n) is 3.49. The van der Waals surface area contributed by atoms with Crippen molar-refractivity contribution < 1.29 is 4.74 Å². The van der Waals surface area contributed by atoms with Crippen LogP contribution in [0, 0.1) is 0 Å². The molecule has 0 saturated carbocycles. The van der Waals surface area contributed by atoms with Crippen molar-refractivity contribution in [1.29, 1.82) is 0 Å². The summed E-state index contributed by atoms with van der Waals surface area (Å²) in [5.74, 6) is 0.867. The first-order valence-corrected chi connectivity index (χ1v) is 9.85. The maximum atomic E-state index is 5.83. The second-order valence-electron chi connectivity index (χ2n) is 7.15. The highest BCUT2D eigenvalue weighted by molar-refractivity contribution is 14.0. The summed E-state index contributed by atoms with van der Waals surface area (Å²) < 4.78 is 5.83. The molecule has 0 amide bonds. The lowest BCUT2D eigenvalue weighted by Crippen LogP contribution is -2.49. The third-order valence-electron chi connectivity index (χ3n) is 5.18. The van der Waals surface area contributed by atoms with Crippen molar-refractivity contribution in [1.82, 2.24) is 15.5 Å². The summed E-state index contributed by atoms with van der Waals surface area (Å²) in [6, 6.07) is 2.75. The average molecular weight is 478 g/mol. The number of ether oxygens (including phenoxy) is 1. The fraction of sp³-hybridized carbons (Fsp3) is 0.722. The number of hydrogen-bond acceptors (Lipinski definition) is 4. The summed E-state index contributed by atoms with van der Waals surface area (Å²) >= 11 is 1.90. The van der Waals surface area contributed by atoms with Crippen LogP contribution < -0.4 is 10.6 Å². The van der Waals surface area contributed by atoms with Gasteiger partial charge in [0.2, 0.25) is 0 Å². The summed E-state index contributed by atoms with van der Waals surface area (Å²) in [4.78, 5) is 8.46. The van der Waals surface area contributed by atoms with Gasteiger partial charge >= 0.3 is 0 Å². The summed E-state index contributed by atoms with van der Waals surface area (Å²) in [7, 11) is 1.83. The van der Waals surface area contributed by atoms with E-state index in [0.717, 1.165) is 51.6 Å². The van der Waals surface area contributed by atoms with Gasteiger partial charge in [-0.3, -0.25) is 9.89 Å². The van der Waals surface area contributed by atoms with E-state index < -0.39 is 0 Å². The normalized spacial score (nSPS) is 25.2. The van der Waals surface area contributed by atoms with E-state index in [1.54, 1.807) is 4.88 Å². The quantitative estimate of drug-likeness (QED) is 0.388. The number of halogens is 1. The second kappa shape index (κ2) is 9.53. The molecule has 1 fully saturated rings. The summed E-state index contributed by atoms with van der Waals surface area (Å²) in [5.41, 5.74) is 1.46. The minimum Gasteiger partial charge on any atom is -0.373 e. The predicted molar refractivity (Wildman–Crippen MR) is 116 cm³/mol. The van der Waals surface area contributed by atoms with Crippen molar-refractivity contribution in [3.63, 3.8) is 0 Å². The van der Waals surface area contributed by atoms with Gasteiger partial charge in [-0.05, 0) is 50.1 Å². The highest BCUT2D eigenvalue weighted by Gasteiger charge is 2.29. The number of thiophene rings is 1. The molecule has 0 radical (unpaired) electrons. The third-order valence-corrected chi connectivity index (χ3v) is 6.20. The van der Waals surface area contributed by atoms with Gasteiger partial charge in [0.05, 0.1) is 5.60 Å². The molecule has 1 aromatic rings. The van der Waals surface area contributed by atoms with Gasteiger partial charge in [0.25, 0.3) is 0 Å². The number of nitrogens with zero attached hydrogens (tertiary/aromatic N) is 2. The Balaban J connectivity index is 0.00000225. The first-order valence-electron chi connectivity index (χ1n) is 8.97. The van der Waals surface area contributed by atoms with Gasteiger partial charge in [-0.2, -0.15) is 0 Å². The molecule has 0 aliphatic carbocycles. The topological polar surface area (TPSA) is 48.9 Å². The van der Waals surface area contributed by atoms with Gasteiger partial charge in [-0.15, -0.1) is 35.3 Å². The maximum absolute atomic E-state index is 5.83. The molecule has 0 aromatic carbocycles. The Morgan fingerprint density at radius 3 is 3.04 bits per heavy atom. The minimum atomic E-state index is -0.0501. The van der Waals surface area contributed by atoms with E-state index in [1.165, 1.54) is 12.0 Å². The Kier molecular flexibility index (Phi) is 7.97. The molecule has 2 unspecified atom stereocenters. The number of guanidine groups is 1. The SMILES string of the molecule is CN=C(NCC(C)N1CCc2sccc2C1)NCC1(C)CCCO1.I. The highest BCUT2D eigenvalue weighted by Crippen LogP contribution is 2.25. The van der Waals surface area contributed by atoms with Gasteiger partial charge in [0.1, 0.15) is 0 Å². The molecule has 7 heteroatoms. The van der Waals surface area contributed by atoms with Crippen molar-refractivity contribution in [2.75, 3.05) is 33.3 Å². The van der Waals surface area contributed by atoms with Crippen LogP contribution in [0.4, 0.5) is 0 Å². The zero-order valence-electron chi connectivity index (χ0n) is 15.5. The van der Waals surface area contributed by atoms with Crippen LogP contribution in [0.1, 0.15) is 37.1 Å². The van der Waals surface area contributed by atoms with E-state index in [9.17, 15) is 0 Å². The zero-order chi connectivity index (χ0) is 17.0. The van der Waals surface area contributed by atoms with Crippen LogP contribution >= 0.6 is 35.3 Å². The lowest BCUT2D eigenvalue weighted by Gasteiger charge is -2.33. The van der Waals surface area contributed by atoms with Gasteiger partial charge in [-0.1, -0.05) is 0 Å². The van der Waals surface area contributed by atoms with Crippen molar-refractivity contribution in [2.24, 2.45) is 4.99 Å². The molecular formula is C18H31IN4OS. The Bertz CT molecular complexity index is 571. The van der Waals surface area contributed by atoms with E-state index in [0.29, 0.717) is 6.04 Å². The minimum absolute atomic E-state index is 0. The largest absolute Gasteiger partial charge is 0.373 e. The van der Waals surface area contributed by atoms with Crippen LogP contribution in [0.2, 0.25) is 0 Å². The van der Waals surface area contributed by atoms with Gasteiger partial charge in [-0.25, -0.2) is 0 Å². The number of nitrogens with one attached hydrogen (secondary N) is 2. The average Bonchev–Trinajstić information content (AvgIpc) is 3.23. The van der Waals surface area contributed by atoms with Crippen molar-refractivity contribution in [3.05, 3.63) is 21.9 Å². The molecule has 2 N–H and O–H groups in total. The standard InChI is InChI=1S/C18H30N4OS.HI/c1-14(22-8-5-16-15(12-22)6-10-24-16)11-20-17(19-3)21-13-18(2)7-4-9-23-18;/h6,10,14H,4-5,7-9,11-13H2,1-3H3,(H2,19,20,21);1H. The Morgan fingerprint density at radius 1 is 1.48 bits per heavy atom. The number of aliphatic imine (C=N–C) groups is 1. The van der Waals surface area contributed by atoms with Crippen molar-refractivity contribution in [2.45, 2.75) is 51.3 Å². The first kappa shape index (κ1) is 20.9. The molecule has 0 spiro atoms. The summed E-state index contributed by atoms with van der Waals surface area (Å²) in [5, 5.41) is 9.11. The van der Waals surface area contributed by atoms with Crippen LogP contribution in [-0.4, -0.2) is 55.8 Å². The molecule has 3 heterocycles. The first-order chi connectivity index (χ1) is 11.6. The number of hydrogen-bond donors (Lipinski definition) is 2. The maximum Gasteiger partial charge on any atom is 0.191 e. The van der Waals surface area contributed by atoms with Gasteiger partial charge < -0.3 is 15.4 Å². The third kappa shape index (κ3) is 5.55. The molecule has 142 valence electrons. The molecule has 1 aromatic heterocycles. The zero-order valence-corrected chi connectivity index (χ0v) is 18.7. The molecule has 2 aliphatic heterocycles. The van der Waals surface area contributed by atoms with Crippen LogP contribution in [0.3, 0.4) is 0 Å². The van der Waals surface area contributed by atoms with E-state index in [-0.39, 0.29) is 29.6 Å². The number of rotatable bonds is 5. The predicted octanol–water partition coefficient (Wildman–Crippen LogP) is 2.85. The van der Waals surface area contributed by atoms with E-state index in [4.69, 9.17) is 4.74 Å². The lowest BCUT2D eigenvalue weighted by atomic mass is 10.0. The van der Waals surface area contributed by atoms with Crippen LogP contribution in [0.5, 0.6) is 0 Å². The highest BCUT2D eigenvalue weighted by atomic mass is 127. The molecule has 5 nitrogen and oxygen atoms in total. The van der Waals surface area contributed by atoms with Gasteiger partial charge in [0, 0.05) is 50.8 Å². The Labute approximate surface area is 172 Å². The van der Waals surface area contributed by atoms with Crippen molar-refractivity contribution in [3.8, 4) is 0 Å². The van der Waals surface area contributed by atoms with Crippen LogP contribution in [-0.2, 0) is 17.7 Å². The van der Waals surface area contributed by atoms with Gasteiger partial charge in [0.15, 0.2) is 5.96 Å². The molecule has 1 saturated heterocycles. The Morgan fingerprint density at radius 2 is 2.32 bits per heavy atom. The second-order valence-corrected chi connectivity index (χ2v) is 8.15. The molecule has 2 aliphatic rings. The van der Waals surface area contributed by atoms with E-state index >= 15 is 0 Å². The lowest BCUT2D eigenvalue weighted by molar-refractivity contribution is 0.0242. The fourth-order valence-corrected chi connectivity index (χ4v) is 4.38. The van der Waals surface area contributed by atoms with Crippen LogP contribution in [0.15, 0.2) is 16.4 Å². The van der Waals surface area contributed by atoms with Crippen LogP contribution in [0.25, 0.3) is 0 Å². The summed E-state index contributed by atoms with van der Waals surface area (Å²) in [6.45, 7) is 9.27. The summed E-state index contributed by atoms with van der Waals surface area (Å²) in [6.07, 6.45) is 3.45. The molecule has 25 heavy (non-hydrogen) atoms. The Hall–Kier alpha value is -0.380. The molecular weight excluding hydrogens is 447 g/mol. The monoisotopic (exact) mass is 478 g/mol. The smallest absolute Gasteiger partial charge is 0.191 e.